The monoisotopic (exact) mass is 293 g/mol. The molecule has 2 N–H and O–H groups in total. The van der Waals surface area contributed by atoms with Gasteiger partial charge in [0.2, 0.25) is 0 Å². The predicted octanol–water partition coefficient (Wildman–Crippen LogP) is 3.27. The number of nitrogens with two attached hydrogens (primary N) is 1. The van der Waals surface area contributed by atoms with E-state index in [0.717, 1.165) is 36.3 Å². The van der Waals surface area contributed by atoms with Crippen LogP contribution in [-0.2, 0) is 11.3 Å². The summed E-state index contributed by atoms with van der Waals surface area (Å²) in [5, 5.41) is 0. The van der Waals surface area contributed by atoms with Crippen LogP contribution in [0.3, 0.4) is 0 Å². The molecule has 1 aliphatic heterocycles. The predicted molar refractivity (Wildman–Crippen MR) is 83.8 cm³/mol. The summed E-state index contributed by atoms with van der Waals surface area (Å²) >= 11 is 0. The van der Waals surface area contributed by atoms with E-state index in [1.165, 1.54) is 0 Å². The van der Waals surface area contributed by atoms with Gasteiger partial charge < -0.3 is 19.9 Å². The molecule has 0 bridgehead atoms. The summed E-state index contributed by atoms with van der Waals surface area (Å²) in [4.78, 5) is 0. The number of hydrogen-bond acceptors (Lipinski definition) is 4. The van der Waals surface area contributed by atoms with Crippen LogP contribution in [0.5, 0.6) is 11.5 Å². The van der Waals surface area contributed by atoms with Gasteiger partial charge >= 0.3 is 0 Å². The minimum absolute atomic E-state index is 0.0309. The number of rotatable bonds is 7. The lowest BCUT2D eigenvalue weighted by Crippen LogP contribution is -2.24. The number of benzene rings is 1. The Balaban J connectivity index is 1.97. The summed E-state index contributed by atoms with van der Waals surface area (Å²) in [5.41, 5.74) is 6.74. The van der Waals surface area contributed by atoms with E-state index < -0.39 is 0 Å². The molecule has 0 aromatic heterocycles. The van der Waals surface area contributed by atoms with Crippen LogP contribution in [0, 0.1) is 0 Å². The fourth-order valence-corrected chi connectivity index (χ4v) is 2.53. The third-order valence-electron chi connectivity index (χ3n) is 3.71. The van der Waals surface area contributed by atoms with Crippen molar-refractivity contribution in [2.24, 2.45) is 5.73 Å². The lowest BCUT2D eigenvalue weighted by Gasteiger charge is -2.20. The van der Waals surface area contributed by atoms with Crippen molar-refractivity contribution in [1.82, 2.24) is 0 Å². The van der Waals surface area contributed by atoms with E-state index in [4.69, 9.17) is 19.9 Å². The van der Waals surface area contributed by atoms with Gasteiger partial charge in [-0.25, -0.2) is 0 Å². The molecule has 0 spiro atoms. The molecule has 0 aliphatic carbocycles. The standard InChI is InChI=1S/C17H27NO3/c1-4-9-19-14-6-5-13(11-18)16(10-14)20-12-15-7-8-17(2,3)21-15/h5-6,10,15H,4,7-9,11-12,18H2,1-3H3. The molecule has 1 aromatic carbocycles. The molecule has 1 atom stereocenters. The zero-order valence-corrected chi connectivity index (χ0v) is 13.4. The van der Waals surface area contributed by atoms with Crippen molar-refractivity contribution in [3.05, 3.63) is 23.8 Å². The summed E-state index contributed by atoms with van der Waals surface area (Å²) in [6, 6.07) is 5.84. The van der Waals surface area contributed by atoms with Gasteiger partial charge in [-0.05, 0) is 39.2 Å². The maximum Gasteiger partial charge on any atom is 0.127 e. The molecular formula is C17H27NO3. The van der Waals surface area contributed by atoms with Gasteiger partial charge in [-0.2, -0.15) is 0 Å². The third kappa shape index (κ3) is 4.61. The first-order valence-electron chi connectivity index (χ1n) is 7.80. The average Bonchev–Trinajstić information content (AvgIpc) is 2.82. The molecular weight excluding hydrogens is 266 g/mol. The van der Waals surface area contributed by atoms with Crippen LogP contribution in [0.4, 0.5) is 0 Å². The van der Waals surface area contributed by atoms with Crippen LogP contribution >= 0.6 is 0 Å². The van der Waals surface area contributed by atoms with Crippen molar-refractivity contribution in [3.8, 4) is 11.5 Å². The van der Waals surface area contributed by atoms with Gasteiger partial charge in [0.05, 0.1) is 18.3 Å². The lowest BCUT2D eigenvalue weighted by atomic mass is 10.1. The minimum Gasteiger partial charge on any atom is -0.493 e. The Morgan fingerprint density at radius 3 is 2.76 bits per heavy atom. The zero-order chi connectivity index (χ0) is 15.3. The van der Waals surface area contributed by atoms with Gasteiger partial charge in [-0.3, -0.25) is 0 Å². The van der Waals surface area contributed by atoms with E-state index in [2.05, 4.69) is 20.8 Å². The third-order valence-corrected chi connectivity index (χ3v) is 3.71. The quantitative estimate of drug-likeness (QED) is 0.838. The van der Waals surface area contributed by atoms with Crippen molar-refractivity contribution >= 4 is 0 Å². The molecule has 1 fully saturated rings. The molecule has 0 saturated carbocycles. The maximum absolute atomic E-state index is 5.95. The molecule has 21 heavy (non-hydrogen) atoms. The molecule has 1 heterocycles. The van der Waals surface area contributed by atoms with Gasteiger partial charge in [-0.15, -0.1) is 0 Å². The highest BCUT2D eigenvalue weighted by molar-refractivity contribution is 5.40. The zero-order valence-electron chi connectivity index (χ0n) is 13.4. The first kappa shape index (κ1) is 16.1. The molecule has 4 nitrogen and oxygen atoms in total. The number of ether oxygens (including phenoxy) is 3. The van der Waals surface area contributed by atoms with E-state index in [-0.39, 0.29) is 11.7 Å². The highest BCUT2D eigenvalue weighted by atomic mass is 16.6. The van der Waals surface area contributed by atoms with E-state index in [1.54, 1.807) is 0 Å². The molecule has 118 valence electrons. The number of hydrogen-bond donors (Lipinski definition) is 1. The van der Waals surface area contributed by atoms with Gasteiger partial charge in [0.15, 0.2) is 0 Å². The second-order valence-corrected chi connectivity index (χ2v) is 6.17. The van der Waals surface area contributed by atoms with Crippen molar-refractivity contribution < 1.29 is 14.2 Å². The molecule has 1 unspecified atom stereocenters. The van der Waals surface area contributed by atoms with Crippen LogP contribution in [-0.4, -0.2) is 24.9 Å². The summed E-state index contributed by atoms with van der Waals surface area (Å²) < 4.78 is 17.5. The largest absolute Gasteiger partial charge is 0.493 e. The molecule has 2 rings (SSSR count). The van der Waals surface area contributed by atoms with E-state index in [1.807, 2.05) is 18.2 Å². The SMILES string of the molecule is CCCOc1ccc(CN)c(OCC2CCC(C)(C)O2)c1. The molecule has 1 aromatic rings. The lowest BCUT2D eigenvalue weighted by molar-refractivity contribution is -0.0327. The molecule has 0 radical (unpaired) electrons. The maximum atomic E-state index is 5.95. The van der Waals surface area contributed by atoms with E-state index in [0.29, 0.717) is 19.8 Å². The Labute approximate surface area is 127 Å². The van der Waals surface area contributed by atoms with Crippen LogP contribution in [0.2, 0.25) is 0 Å². The highest BCUT2D eigenvalue weighted by Gasteiger charge is 2.32. The molecule has 1 saturated heterocycles. The smallest absolute Gasteiger partial charge is 0.127 e. The van der Waals surface area contributed by atoms with Crippen molar-refractivity contribution in [3.63, 3.8) is 0 Å². The van der Waals surface area contributed by atoms with Crippen LogP contribution in [0.15, 0.2) is 18.2 Å². The first-order chi connectivity index (χ1) is 10.0. The van der Waals surface area contributed by atoms with Crippen molar-refractivity contribution in [2.75, 3.05) is 13.2 Å². The van der Waals surface area contributed by atoms with Gasteiger partial charge in [0.1, 0.15) is 18.1 Å². The summed E-state index contributed by atoms with van der Waals surface area (Å²) in [6.07, 6.45) is 3.26. The Morgan fingerprint density at radius 1 is 1.33 bits per heavy atom. The summed E-state index contributed by atoms with van der Waals surface area (Å²) in [7, 11) is 0. The van der Waals surface area contributed by atoms with Crippen molar-refractivity contribution in [2.45, 2.75) is 58.3 Å². The van der Waals surface area contributed by atoms with Gasteiger partial charge in [0.25, 0.3) is 0 Å². The molecule has 0 amide bonds. The van der Waals surface area contributed by atoms with Crippen LogP contribution in [0.25, 0.3) is 0 Å². The second-order valence-electron chi connectivity index (χ2n) is 6.17. The Hall–Kier alpha value is -1.26. The fourth-order valence-electron chi connectivity index (χ4n) is 2.53. The Morgan fingerprint density at radius 2 is 2.14 bits per heavy atom. The topological polar surface area (TPSA) is 53.7 Å². The average molecular weight is 293 g/mol. The first-order valence-corrected chi connectivity index (χ1v) is 7.80. The van der Waals surface area contributed by atoms with E-state index >= 15 is 0 Å². The van der Waals surface area contributed by atoms with Gasteiger partial charge in [-0.1, -0.05) is 13.0 Å². The normalized spacial score (nSPS) is 20.5. The second kappa shape index (κ2) is 7.14. The van der Waals surface area contributed by atoms with Crippen LogP contribution < -0.4 is 15.2 Å². The van der Waals surface area contributed by atoms with Crippen molar-refractivity contribution in [1.29, 1.82) is 0 Å². The summed E-state index contributed by atoms with van der Waals surface area (Å²) in [5.74, 6) is 1.64. The highest BCUT2D eigenvalue weighted by Crippen LogP contribution is 2.31. The minimum atomic E-state index is -0.0309. The Bertz CT molecular complexity index is 459. The fraction of sp³-hybridized carbons (Fsp3) is 0.647. The Kier molecular flexibility index (Phi) is 5.48. The van der Waals surface area contributed by atoms with E-state index in [9.17, 15) is 0 Å². The van der Waals surface area contributed by atoms with Crippen LogP contribution in [0.1, 0.15) is 45.6 Å². The summed E-state index contributed by atoms with van der Waals surface area (Å²) in [6.45, 7) is 8.06. The molecule has 4 heteroatoms. The molecule has 1 aliphatic rings. The van der Waals surface area contributed by atoms with Gasteiger partial charge in [0, 0.05) is 18.2 Å².